The van der Waals surface area contributed by atoms with Crippen LogP contribution in [0.2, 0.25) is 10.0 Å². The normalized spacial score (nSPS) is 10.2. The van der Waals surface area contributed by atoms with E-state index in [1.165, 1.54) is 0 Å². The summed E-state index contributed by atoms with van der Waals surface area (Å²) in [7, 11) is 0. The van der Waals surface area contributed by atoms with E-state index >= 15 is 0 Å². The van der Waals surface area contributed by atoms with E-state index in [1.54, 1.807) is 24.3 Å². The third-order valence-electron chi connectivity index (χ3n) is 2.93. The van der Waals surface area contributed by atoms with Gasteiger partial charge in [-0.25, -0.2) is 0 Å². The largest absolute Gasteiger partial charge is 0.484 e. The molecule has 2 aromatic carbocycles. The molecule has 1 N–H and O–H groups in total. The lowest BCUT2D eigenvalue weighted by Gasteiger charge is -2.09. The summed E-state index contributed by atoms with van der Waals surface area (Å²) in [6.07, 6.45) is 0. The van der Waals surface area contributed by atoms with Gasteiger partial charge in [0.15, 0.2) is 6.61 Å². The van der Waals surface area contributed by atoms with E-state index in [9.17, 15) is 4.79 Å². The van der Waals surface area contributed by atoms with Gasteiger partial charge in [0.05, 0.1) is 0 Å². The highest BCUT2D eigenvalue weighted by molar-refractivity contribution is 6.31. The molecular weight excluding hydrogens is 309 g/mol. The number of ether oxygens (including phenoxy) is 1. The molecule has 0 aliphatic heterocycles. The second-order valence-corrected chi connectivity index (χ2v) is 5.38. The van der Waals surface area contributed by atoms with Crippen LogP contribution in [0.4, 0.5) is 0 Å². The lowest BCUT2D eigenvalue weighted by molar-refractivity contribution is -0.123. The van der Waals surface area contributed by atoms with Crippen LogP contribution in [0.3, 0.4) is 0 Å². The maximum Gasteiger partial charge on any atom is 0.258 e. The van der Waals surface area contributed by atoms with Gasteiger partial charge in [-0.1, -0.05) is 41.4 Å². The highest BCUT2D eigenvalue weighted by atomic mass is 35.5. The number of aryl methyl sites for hydroxylation is 1. The van der Waals surface area contributed by atoms with Crippen LogP contribution in [-0.2, 0) is 11.3 Å². The van der Waals surface area contributed by atoms with E-state index in [2.05, 4.69) is 5.32 Å². The van der Waals surface area contributed by atoms with Gasteiger partial charge < -0.3 is 10.1 Å². The van der Waals surface area contributed by atoms with E-state index in [-0.39, 0.29) is 12.5 Å². The molecule has 0 fully saturated rings. The first kappa shape index (κ1) is 15.7. The Labute approximate surface area is 133 Å². The van der Waals surface area contributed by atoms with E-state index in [0.717, 1.165) is 11.1 Å². The number of hydrogen-bond donors (Lipinski definition) is 1. The second kappa shape index (κ2) is 7.34. The topological polar surface area (TPSA) is 38.3 Å². The Morgan fingerprint density at radius 1 is 1.14 bits per heavy atom. The van der Waals surface area contributed by atoms with Crippen LogP contribution in [0, 0.1) is 6.92 Å². The van der Waals surface area contributed by atoms with Crippen molar-refractivity contribution in [1.82, 2.24) is 5.32 Å². The summed E-state index contributed by atoms with van der Waals surface area (Å²) < 4.78 is 5.42. The van der Waals surface area contributed by atoms with Gasteiger partial charge in [-0.2, -0.15) is 0 Å². The molecule has 1 amide bonds. The molecule has 0 aliphatic rings. The number of carbonyl (C=O) groups is 1. The third-order valence-corrected chi connectivity index (χ3v) is 3.73. The summed E-state index contributed by atoms with van der Waals surface area (Å²) in [6, 6.07) is 12.6. The molecule has 0 heterocycles. The summed E-state index contributed by atoms with van der Waals surface area (Å²) in [5.74, 6) is 0.410. The van der Waals surface area contributed by atoms with Crippen molar-refractivity contribution in [3.8, 4) is 5.75 Å². The van der Waals surface area contributed by atoms with Crippen molar-refractivity contribution >= 4 is 29.1 Å². The maximum atomic E-state index is 11.7. The summed E-state index contributed by atoms with van der Waals surface area (Å²) in [5.41, 5.74) is 1.78. The van der Waals surface area contributed by atoms with Gasteiger partial charge in [-0.3, -0.25) is 4.79 Å². The van der Waals surface area contributed by atoms with Crippen LogP contribution < -0.4 is 10.1 Å². The van der Waals surface area contributed by atoms with Gasteiger partial charge in [0.2, 0.25) is 0 Å². The minimum atomic E-state index is -0.206. The zero-order valence-electron chi connectivity index (χ0n) is 11.5. The van der Waals surface area contributed by atoms with Gasteiger partial charge in [0.25, 0.3) is 5.91 Å². The summed E-state index contributed by atoms with van der Waals surface area (Å²) in [4.78, 5) is 11.7. The van der Waals surface area contributed by atoms with Crippen molar-refractivity contribution in [1.29, 1.82) is 0 Å². The Kier molecular flexibility index (Phi) is 5.48. The predicted molar refractivity (Wildman–Crippen MR) is 85.0 cm³/mol. The molecule has 2 aromatic rings. The van der Waals surface area contributed by atoms with E-state index in [1.807, 2.05) is 25.1 Å². The van der Waals surface area contributed by atoms with Crippen LogP contribution in [0.1, 0.15) is 11.1 Å². The van der Waals surface area contributed by atoms with Crippen LogP contribution in [0.25, 0.3) is 0 Å². The van der Waals surface area contributed by atoms with E-state index < -0.39 is 0 Å². The van der Waals surface area contributed by atoms with Crippen LogP contribution in [0.5, 0.6) is 5.75 Å². The van der Waals surface area contributed by atoms with Crippen molar-refractivity contribution in [2.24, 2.45) is 0 Å². The van der Waals surface area contributed by atoms with Crippen molar-refractivity contribution in [2.45, 2.75) is 13.5 Å². The van der Waals surface area contributed by atoms with Crippen LogP contribution in [-0.4, -0.2) is 12.5 Å². The fourth-order valence-corrected chi connectivity index (χ4v) is 2.06. The van der Waals surface area contributed by atoms with Gasteiger partial charge in [0.1, 0.15) is 5.75 Å². The van der Waals surface area contributed by atoms with Gasteiger partial charge in [-0.05, 0) is 42.3 Å². The number of amides is 1. The first-order valence-electron chi connectivity index (χ1n) is 6.45. The molecule has 0 atom stereocenters. The summed E-state index contributed by atoms with van der Waals surface area (Å²) >= 11 is 11.9. The third kappa shape index (κ3) is 4.66. The highest BCUT2D eigenvalue weighted by Gasteiger charge is 2.05. The molecule has 2 rings (SSSR count). The predicted octanol–water partition coefficient (Wildman–Crippen LogP) is 4.00. The molecule has 5 heteroatoms. The quantitative estimate of drug-likeness (QED) is 0.903. The van der Waals surface area contributed by atoms with Crippen molar-refractivity contribution in [3.63, 3.8) is 0 Å². The molecular formula is C16H15Cl2NO2. The Morgan fingerprint density at radius 3 is 2.62 bits per heavy atom. The zero-order chi connectivity index (χ0) is 15.2. The van der Waals surface area contributed by atoms with Crippen LogP contribution >= 0.6 is 23.2 Å². The number of hydrogen-bond acceptors (Lipinski definition) is 2. The smallest absolute Gasteiger partial charge is 0.258 e. The Bertz CT molecular complexity index is 644. The zero-order valence-corrected chi connectivity index (χ0v) is 13.0. The first-order chi connectivity index (χ1) is 10.1. The summed E-state index contributed by atoms with van der Waals surface area (Å²) in [6.45, 7) is 2.21. The lowest BCUT2D eigenvalue weighted by Crippen LogP contribution is -2.28. The molecule has 0 saturated heterocycles. The Hall–Kier alpha value is -1.71. The number of nitrogens with one attached hydrogen (secondary N) is 1. The number of carbonyl (C=O) groups excluding carboxylic acids is 1. The maximum absolute atomic E-state index is 11.7. The lowest BCUT2D eigenvalue weighted by atomic mass is 10.2. The highest BCUT2D eigenvalue weighted by Crippen LogP contribution is 2.21. The van der Waals surface area contributed by atoms with Gasteiger partial charge in [-0.15, -0.1) is 0 Å². The van der Waals surface area contributed by atoms with Crippen LogP contribution in [0.15, 0.2) is 42.5 Å². The monoisotopic (exact) mass is 323 g/mol. The molecule has 0 radical (unpaired) electrons. The molecule has 21 heavy (non-hydrogen) atoms. The Morgan fingerprint density at radius 2 is 1.90 bits per heavy atom. The first-order valence-corrected chi connectivity index (χ1v) is 7.21. The van der Waals surface area contributed by atoms with E-state index in [4.69, 9.17) is 27.9 Å². The fourth-order valence-electron chi connectivity index (χ4n) is 1.74. The fraction of sp³-hybridized carbons (Fsp3) is 0.188. The number of benzene rings is 2. The molecule has 0 aliphatic carbocycles. The minimum Gasteiger partial charge on any atom is -0.484 e. The molecule has 0 saturated carbocycles. The number of rotatable bonds is 5. The number of halogens is 2. The van der Waals surface area contributed by atoms with E-state index in [0.29, 0.717) is 22.3 Å². The molecule has 3 nitrogen and oxygen atoms in total. The molecule has 110 valence electrons. The average molecular weight is 324 g/mol. The molecule has 0 bridgehead atoms. The SMILES string of the molecule is Cc1cc(OCC(=O)NCc2ccccc2Cl)ccc1Cl. The minimum absolute atomic E-state index is 0.0501. The summed E-state index contributed by atoms with van der Waals surface area (Å²) in [5, 5.41) is 4.06. The van der Waals surface area contributed by atoms with Gasteiger partial charge >= 0.3 is 0 Å². The Balaban J connectivity index is 1.82. The molecule has 0 unspecified atom stereocenters. The molecule has 0 spiro atoms. The second-order valence-electron chi connectivity index (χ2n) is 4.57. The van der Waals surface area contributed by atoms with Crippen molar-refractivity contribution in [2.75, 3.05) is 6.61 Å². The van der Waals surface area contributed by atoms with Crippen molar-refractivity contribution in [3.05, 3.63) is 63.6 Å². The van der Waals surface area contributed by atoms with Crippen molar-refractivity contribution < 1.29 is 9.53 Å². The average Bonchev–Trinajstić information content (AvgIpc) is 2.47. The standard InChI is InChI=1S/C16H15Cl2NO2/c1-11-8-13(6-7-14(11)17)21-10-16(20)19-9-12-4-2-3-5-15(12)18/h2-8H,9-10H2,1H3,(H,19,20). The molecule has 0 aromatic heterocycles. The van der Waals surface area contributed by atoms with Gasteiger partial charge in [0, 0.05) is 16.6 Å².